The molecule has 1 saturated heterocycles. The van der Waals surface area contributed by atoms with Gasteiger partial charge in [-0.2, -0.15) is 0 Å². The summed E-state index contributed by atoms with van der Waals surface area (Å²) >= 11 is 6.32. The van der Waals surface area contributed by atoms with Crippen molar-refractivity contribution in [2.24, 2.45) is 17.3 Å². The van der Waals surface area contributed by atoms with Crippen molar-refractivity contribution in [3.8, 4) is 5.75 Å². The minimum atomic E-state index is -1.20. The molecule has 4 rings (SSSR count). The Kier molecular flexibility index (Phi) is 12.1. The van der Waals surface area contributed by atoms with Crippen LogP contribution in [0.4, 0.5) is 0 Å². The molecule has 0 aromatic heterocycles. The Labute approximate surface area is 281 Å². The lowest BCUT2D eigenvalue weighted by atomic mass is 9.92. The average Bonchev–Trinajstić information content (AvgIpc) is 3.83. The summed E-state index contributed by atoms with van der Waals surface area (Å²) < 4.78 is 23.1. The van der Waals surface area contributed by atoms with Crippen molar-refractivity contribution in [3.05, 3.63) is 76.8 Å². The lowest BCUT2D eigenvalue weighted by Gasteiger charge is -2.29. The van der Waals surface area contributed by atoms with Gasteiger partial charge in [0.1, 0.15) is 24.0 Å². The number of cyclic esters (lactones) is 2. The molecule has 2 aliphatic heterocycles. The average molecular weight is 669 g/mol. The van der Waals surface area contributed by atoms with Crippen molar-refractivity contribution in [1.29, 1.82) is 0 Å². The van der Waals surface area contributed by atoms with Crippen LogP contribution in [0.3, 0.4) is 0 Å². The van der Waals surface area contributed by atoms with Gasteiger partial charge in [-0.25, -0.2) is 4.79 Å². The highest BCUT2D eigenvalue weighted by Gasteiger charge is 2.48. The first-order valence-electron chi connectivity index (χ1n) is 16.0. The number of methoxy groups -OCH3 is 1. The summed E-state index contributed by atoms with van der Waals surface area (Å²) in [6.45, 7) is 8.92. The number of amides is 2. The number of carbonyl (C=O) groups is 4. The summed E-state index contributed by atoms with van der Waals surface area (Å²) in [7, 11) is 1.51. The van der Waals surface area contributed by atoms with E-state index in [0.717, 1.165) is 5.56 Å². The van der Waals surface area contributed by atoms with Gasteiger partial charge < -0.3 is 29.6 Å². The lowest BCUT2D eigenvalue weighted by molar-refractivity contribution is -0.179. The molecule has 254 valence electrons. The standard InChI is InChI=1S/C36H45ClN2O8/c1-21(2)17-29-34(42)45-27(22(3)31-32(47-31)24-11-8-7-9-12-24)13-10-14-30(40)39-26(19-23-15-16-28(44-6)25(37)18-23)33(41)38-20-36(4,5)35(43)46-29/h7-12,14-16,18,21-22,26-27,29,31-32H,13,17,19-20H2,1-6H3,(H,38,41)(H,39,40)/b14-10+/t22?,26-,27-,29+,31-,32?/m1/s1. The van der Waals surface area contributed by atoms with Crippen LogP contribution in [-0.2, 0) is 39.8 Å². The molecule has 47 heavy (non-hydrogen) atoms. The van der Waals surface area contributed by atoms with Crippen LogP contribution in [0.25, 0.3) is 0 Å². The number of halogens is 1. The Morgan fingerprint density at radius 3 is 2.40 bits per heavy atom. The smallest absolute Gasteiger partial charge is 0.347 e. The first kappa shape index (κ1) is 36.0. The number of rotatable bonds is 8. The van der Waals surface area contributed by atoms with E-state index in [0.29, 0.717) is 16.3 Å². The zero-order valence-electron chi connectivity index (χ0n) is 27.8. The summed E-state index contributed by atoms with van der Waals surface area (Å²) in [4.78, 5) is 53.6. The molecule has 2 aromatic carbocycles. The fraction of sp³-hybridized carbons (Fsp3) is 0.500. The number of nitrogens with one attached hydrogen (secondary N) is 2. The summed E-state index contributed by atoms with van der Waals surface area (Å²) in [6, 6.07) is 13.9. The SMILES string of the molecule is COc1ccc(C[C@H]2NC(=O)/C=C/C[C@H](C(C)[C@H]3OC3c3ccccc3)OC(=O)[C@H](CC(C)C)OC(=O)C(C)(C)CNC2=O)cc1Cl. The van der Waals surface area contributed by atoms with Crippen LogP contribution >= 0.6 is 11.6 Å². The number of hydrogen-bond acceptors (Lipinski definition) is 8. The van der Waals surface area contributed by atoms with Crippen molar-refractivity contribution in [1.82, 2.24) is 10.6 Å². The van der Waals surface area contributed by atoms with Gasteiger partial charge in [0.15, 0.2) is 6.10 Å². The second-order valence-electron chi connectivity index (χ2n) is 13.3. The van der Waals surface area contributed by atoms with Crippen molar-refractivity contribution in [3.63, 3.8) is 0 Å². The van der Waals surface area contributed by atoms with Crippen LogP contribution in [0.15, 0.2) is 60.7 Å². The monoisotopic (exact) mass is 668 g/mol. The Morgan fingerprint density at radius 1 is 1.02 bits per heavy atom. The molecule has 11 heteroatoms. The van der Waals surface area contributed by atoms with Gasteiger partial charge in [0.2, 0.25) is 11.8 Å². The molecule has 2 aliphatic rings. The van der Waals surface area contributed by atoms with Crippen molar-refractivity contribution in [2.45, 2.75) is 84.3 Å². The second kappa shape index (κ2) is 15.8. The third-order valence-electron chi connectivity index (χ3n) is 8.41. The number of carbonyl (C=O) groups excluding carboxylic acids is 4. The van der Waals surface area contributed by atoms with Crippen LogP contribution in [0.5, 0.6) is 5.75 Å². The zero-order chi connectivity index (χ0) is 34.3. The van der Waals surface area contributed by atoms with E-state index in [-0.39, 0.29) is 49.9 Å². The largest absolute Gasteiger partial charge is 0.495 e. The van der Waals surface area contributed by atoms with Gasteiger partial charge in [0, 0.05) is 25.3 Å². The predicted octanol–water partition coefficient (Wildman–Crippen LogP) is 5.12. The maximum absolute atomic E-state index is 13.6. The van der Waals surface area contributed by atoms with Gasteiger partial charge in [-0.3, -0.25) is 14.4 Å². The normalized spacial score (nSPS) is 26.8. The van der Waals surface area contributed by atoms with Crippen molar-refractivity contribution >= 4 is 35.4 Å². The minimum absolute atomic E-state index is 0.0228. The minimum Gasteiger partial charge on any atom is -0.495 e. The molecule has 0 radical (unpaired) electrons. The van der Waals surface area contributed by atoms with E-state index < -0.39 is 47.4 Å². The van der Waals surface area contributed by atoms with Gasteiger partial charge in [0.25, 0.3) is 0 Å². The quantitative estimate of drug-likeness (QED) is 0.293. The maximum Gasteiger partial charge on any atom is 0.347 e. The van der Waals surface area contributed by atoms with E-state index in [1.54, 1.807) is 38.1 Å². The van der Waals surface area contributed by atoms with Gasteiger partial charge in [-0.05, 0) is 55.5 Å². The van der Waals surface area contributed by atoms with Gasteiger partial charge >= 0.3 is 11.9 Å². The molecule has 1 fully saturated rings. The topological polar surface area (TPSA) is 133 Å². The Bertz CT molecular complexity index is 1460. The van der Waals surface area contributed by atoms with E-state index in [1.807, 2.05) is 51.1 Å². The van der Waals surface area contributed by atoms with Crippen molar-refractivity contribution in [2.75, 3.05) is 13.7 Å². The molecule has 2 N–H and O–H groups in total. The highest BCUT2D eigenvalue weighted by molar-refractivity contribution is 6.32. The van der Waals surface area contributed by atoms with Crippen LogP contribution in [-0.4, -0.2) is 61.8 Å². The predicted molar refractivity (Wildman–Crippen MR) is 177 cm³/mol. The number of hydrogen-bond donors (Lipinski definition) is 2. The molecule has 0 aliphatic carbocycles. The Hall–Kier alpha value is -3.89. The van der Waals surface area contributed by atoms with Gasteiger partial charge in [0.05, 0.1) is 23.7 Å². The first-order chi connectivity index (χ1) is 22.3. The summed E-state index contributed by atoms with van der Waals surface area (Å²) in [5.41, 5.74) is 0.524. The molecule has 2 aromatic rings. The van der Waals surface area contributed by atoms with Crippen LogP contribution < -0.4 is 15.4 Å². The lowest BCUT2D eigenvalue weighted by Crippen LogP contribution is -2.51. The van der Waals surface area contributed by atoms with Crippen molar-refractivity contribution < 1.29 is 38.1 Å². The third kappa shape index (κ3) is 9.81. The number of epoxide rings is 1. The molecule has 6 atom stereocenters. The highest BCUT2D eigenvalue weighted by Crippen LogP contribution is 2.45. The number of ether oxygens (including phenoxy) is 4. The maximum atomic E-state index is 13.6. The Balaban J connectivity index is 1.61. The molecular formula is C36H45ClN2O8. The molecule has 2 unspecified atom stereocenters. The second-order valence-corrected chi connectivity index (χ2v) is 13.7. The first-order valence-corrected chi connectivity index (χ1v) is 16.4. The van der Waals surface area contributed by atoms with E-state index in [4.69, 9.17) is 30.5 Å². The van der Waals surface area contributed by atoms with Crippen LogP contribution in [0.2, 0.25) is 5.02 Å². The van der Waals surface area contributed by atoms with E-state index >= 15 is 0 Å². The molecule has 2 amide bonds. The van der Waals surface area contributed by atoms with E-state index in [9.17, 15) is 19.2 Å². The van der Waals surface area contributed by atoms with Gasteiger partial charge in [-0.15, -0.1) is 0 Å². The summed E-state index contributed by atoms with van der Waals surface area (Å²) in [5.74, 6) is -2.06. The summed E-state index contributed by atoms with van der Waals surface area (Å²) in [6.07, 6.45) is 1.34. The van der Waals surface area contributed by atoms with Crippen LogP contribution in [0, 0.1) is 17.3 Å². The zero-order valence-corrected chi connectivity index (χ0v) is 28.5. The molecule has 10 nitrogen and oxygen atoms in total. The fourth-order valence-corrected chi connectivity index (χ4v) is 5.75. The Morgan fingerprint density at radius 2 is 1.74 bits per heavy atom. The molecule has 0 spiro atoms. The van der Waals surface area contributed by atoms with E-state index in [1.165, 1.54) is 13.2 Å². The van der Waals surface area contributed by atoms with Gasteiger partial charge in [-0.1, -0.05) is 74.8 Å². The number of benzene rings is 2. The molecule has 0 saturated carbocycles. The van der Waals surface area contributed by atoms with Crippen LogP contribution in [0.1, 0.15) is 64.7 Å². The highest BCUT2D eigenvalue weighted by atomic mass is 35.5. The molecule has 0 bridgehead atoms. The fourth-order valence-electron chi connectivity index (χ4n) is 5.46. The number of esters is 2. The molecular weight excluding hydrogens is 624 g/mol. The third-order valence-corrected chi connectivity index (χ3v) is 8.70. The molecule has 2 heterocycles. The van der Waals surface area contributed by atoms with E-state index in [2.05, 4.69) is 10.6 Å². The summed E-state index contributed by atoms with van der Waals surface area (Å²) in [5, 5.41) is 5.91.